The molecule has 0 aromatic carbocycles. The molecule has 0 bridgehead atoms. The molecule has 3 N–H and O–H groups in total. The van der Waals surface area contributed by atoms with Gasteiger partial charge in [0, 0.05) is 11.8 Å². The van der Waals surface area contributed by atoms with Crippen molar-refractivity contribution in [2.45, 2.75) is 48.5 Å². The van der Waals surface area contributed by atoms with Crippen molar-refractivity contribution in [3.05, 3.63) is 6.33 Å². The Hall–Kier alpha value is -0.660. The maximum atomic E-state index is 11.5. The van der Waals surface area contributed by atoms with Crippen LogP contribution in [0.2, 0.25) is 0 Å². The average Bonchev–Trinajstić information content (AvgIpc) is 2.97. The highest BCUT2D eigenvalue weighted by Gasteiger charge is 2.36. The van der Waals surface area contributed by atoms with E-state index in [4.69, 9.17) is 5.73 Å². The number of nitrogens with two attached hydrogens (primary N) is 1. The summed E-state index contributed by atoms with van der Waals surface area (Å²) in [7, 11) is 0. The first-order valence-electron chi connectivity index (χ1n) is 6.07. The summed E-state index contributed by atoms with van der Waals surface area (Å²) in [4.78, 5) is 15.6. The molecule has 0 aliphatic heterocycles. The molecule has 7 heteroatoms. The lowest BCUT2D eigenvalue weighted by atomic mass is 9.95. The summed E-state index contributed by atoms with van der Waals surface area (Å²) in [5.41, 5.74) is 4.93. The molecule has 1 fully saturated rings. The van der Waals surface area contributed by atoms with Crippen LogP contribution >= 0.6 is 23.3 Å². The van der Waals surface area contributed by atoms with Gasteiger partial charge in [-0.05, 0) is 44.1 Å². The SMILES string of the molecule is CC(CCCSc1ncns1)(NC1CC1)C(N)=O. The Morgan fingerprint density at radius 3 is 3.06 bits per heavy atom. The van der Waals surface area contributed by atoms with Gasteiger partial charge in [-0.25, -0.2) is 4.98 Å². The summed E-state index contributed by atoms with van der Waals surface area (Å²) in [6, 6.07) is 0.485. The van der Waals surface area contributed by atoms with E-state index in [0.29, 0.717) is 6.04 Å². The molecule has 1 atom stereocenters. The van der Waals surface area contributed by atoms with Gasteiger partial charge in [-0.15, -0.1) is 0 Å². The van der Waals surface area contributed by atoms with Crippen LogP contribution in [0.1, 0.15) is 32.6 Å². The first kappa shape index (κ1) is 13.8. The molecule has 0 radical (unpaired) electrons. The molecule has 1 amide bonds. The maximum absolute atomic E-state index is 11.5. The molecule has 1 aliphatic carbocycles. The van der Waals surface area contributed by atoms with E-state index in [9.17, 15) is 4.79 Å². The van der Waals surface area contributed by atoms with Gasteiger partial charge in [0.2, 0.25) is 5.91 Å². The number of amides is 1. The Morgan fingerprint density at radius 1 is 1.72 bits per heavy atom. The van der Waals surface area contributed by atoms with Crippen LogP contribution in [0.3, 0.4) is 0 Å². The van der Waals surface area contributed by atoms with Crippen molar-refractivity contribution in [3.63, 3.8) is 0 Å². The zero-order chi connectivity index (χ0) is 13.0. The largest absolute Gasteiger partial charge is 0.368 e. The van der Waals surface area contributed by atoms with Crippen molar-refractivity contribution < 1.29 is 4.79 Å². The smallest absolute Gasteiger partial charge is 0.237 e. The predicted octanol–water partition coefficient (Wildman–Crippen LogP) is 1.41. The van der Waals surface area contributed by atoms with Gasteiger partial charge in [0.05, 0.1) is 5.54 Å². The Morgan fingerprint density at radius 2 is 2.50 bits per heavy atom. The normalized spacial score (nSPS) is 18.5. The molecule has 2 rings (SSSR count). The topological polar surface area (TPSA) is 80.9 Å². The number of carbonyl (C=O) groups excluding carboxylic acids is 1. The second-order valence-electron chi connectivity index (χ2n) is 4.77. The Kier molecular flexibility index (Phi) is 4.58. The summed E-state index contributed by atoms with van der Waals surface area (Å²) in [6.07, 6.45) is 5.58. The van der Waals surface area contributed by atoms with Gasteiger partial charge in [-0.2, -0.15) is 4.37 Å². The van der Waals surface area contributed by atoms with E-state index in [1.165, 1.54) is 11.5 Å². The molecular weight excluding hydrogens is 268 g/mol. The van der Waals surface area contributed by atoms with Crippen molar-refractivity contribution in [3.8, 4) is 0 Å². The average molecular weight is 286 g/mol. The summed E-state index contributed by atoms with van der Waals surface area (Å²) < 4.78 is 4.93. The summed E-state index contributed by atoms with van der Waals surface area (Å²) in [6.45, 7) is 1.91. The van der Waals surface area contributed by atoms with Gasteiger partial charge >= 0.3 is 0 Å². The van der Waals surface area contributed by atoms with E-state index in [1.807, 2.05) is 6.92 Å². The lowest BCUT2D eigenvalue weighted by molar-refractivity contribution is -0.124. The summed E-state index contributed by atoms with van der Waals surface area (Å²) in [5, 5.41) is 3.35. The van der Waals surface area contributed by atoms with E-state index in [0.717, 1.165) is 35.8 Å². The van der Waals surface area contributed by atoms with Crippen molar-refractivity contribution in [1.29, 1.82) is 0 Å². The van der Waals surface area contributed by atoms with E-state index in [-0.39, 0.29) is 5.91 Å². The van der Waals surface area contributed by atoms with Crippen LogP contribution in [0, 0.1) is 0 Å². The van der Waals surface area contributed by atoms with Crippen molar-refractivity contribution >= 4 is 29.2 Å². The number of primary amides is 1. The van der Waals surface area contributed by atoms with E-state index in [2.05, 4.69) is 14.7 Å². The van der Waals surface area contributed by atoms with Gasteiger partial charge in [0.15, 0.2) is 4.34 Å². The second-order valence-corrected chi connectivity index (χ2v) is 6.90. The van der Waals surface area contributed by atoms with Crippen LogP contribution in [0.25, 0.3) is 0 Å². The zero-order valence-corrected chi connectivity index (χ0v) is 12.0. The van der Waals surface area contributed by atoms with Crippen LogP contribution in [0.4, 0.5) is 0 Å². The third-order valence-electron chi connectivity index (χ3n) is 3.03. The van der Waals surface area contributed by atoms with E-state index >= 15 is 0 Å². The second kappa shape index (κ2) is 5.99. The molecule has 5 nitrogen and oxygen atoms in total. The number of carbonyl (C=O) groups is 1. The number of aromatic nitrogens is 2. The highest BCUT2D eigenvalue weighted by Crippen LogP contribution is 2.26. The molecule has 1 saturated carbocycles. The van der Waals surface area contributed by atoms with Crippen LogP contribution in [-0.4, -0.2) is 32.6 Å². The highest BCUT2D eigenvalue weighted by atomic mass is 32.2. The molecule has 1 aromatic heterocycles. The van der Waals surface area contributed by atoms with Crippen molar-refractivity contribution in [2.24, 2.45) is 5.73 Å². The number of thioether (sulfide) groups is 1. The fourth-order valence-corrected chi connectivity index (χ4v) is 3.21. The lowest BCUT2D eigenvalue weighted by Gasteiger charge is -2.27. The third kappa shape index (κ3) is 3.93. The summed E-state index contributed by atoms with van der Waals surface area (Å²) in [5.74, 6) is 0.681. The van der Waals surface area contributed by atoms with Crippen molar-refractivity contribution in [2.75, 3.05) is 5.75 Å². The minimum Gasteiger partial charge on any atom is -0.368 e. The molecule has 1 aromatic rings. The molecule has 1 unspecified atom stereocenters. The monoisotopic (exact) mass is 286 g/mol. The molecular formula is C11H18N4OS2. The Balaban J connectivity index is 1.73. The predicted molar refractivity (Wildman–Crippen MR) is 73.6 cm³/mol. The molecule has 1 heterocycles. The quantitative estimate of drug-likeness (QED) is 0.558. The fraction of sp³-hybridized carbons (Fsp3) is 0.727. The number of nitrogens with zero attached hydrogens (tertiary/aromatic N) is 2. The minimum absolute atomic E-state index is 0.254. The van der Waals surface area contributed by atoms with Crippen LogP contribution < -0.4 is 11.1 Å². The Labute approximate surface area is 115 Å². The number of rotatable bonds is 8. The van der Waals surface area contributed by atoms with Crippen LogP contribution in [0.5, 0.6) is 0 Å². The molecule has 100 valence electrons. The Bertz CT molecular complexity index is 394. The standard InChI is InChI=1S/C11H18N4OS2/c1-11(9(12)16,15-8-3-4-8)5-2-6-17-10-13-7-14-18-10/h7-8,15H,2-6H2,1H3,(H2,12,16). The van der Waals surface area contributed by atoms with Crippen LogP contribution in [0.15, 0.2) is 10.7 Å². The molecule has 18 heavy (non-hydrogen) atoms. The van der Waals surface area contributed by atoms with Gasteiger partial charge in [0.1, 0.15) is 6.33 Å². The first-order chi connectivity index (χ1) is 8.60. The molecule has 1 aliphatic rings. The molecule has 0 spiro atoms. The maximum Gasteiger partial charge on any atom is 0.237 e. The lowest BCUT2D eigenvalue weighted by Crippen LogP contribution is -2.54. The van der Waals surface area contributed by atoms with Gasteiger partial charge in [0.25, 0.3) is 0 Å². The van der Waals surface area contributed by atoms with Gasteiger partial charge in [-0.3, -0.25) is 4.79 Å². The highest BCUT2D eigenvalue weighted by molar-refractivity contribution is 8.00. The minimum atomic E-state index is -0.567. The fourth-order valence-electron chi connectivity index (χ4n) is 1.76. The van der Waals surface area contributed by atoms with E-state index < -0.39 is 5.54 Å². The van der Waals surface area contributed by atoms with Crippen LogP contribution in [-0.2, 0) is 4.79 Å². The number of hydrogen-bond acceptors (Lipinski definition) is 6. The van der Waals surface area contributed by atoms with Gasteiger partial charge < -0.3 is 11.1 Å². The summed E-state index contributed by atoms with van der Waals surface area (Å²) >= 11 is 3.08. The first-order valence-corrected chi connectivity index (χ1v) is 7.83. The zero-order valence-electron chi connectivity index (χ0n) is 10.4. The number of nitrogens with one attached hydrogen (secondary N) is 1. The van der Waals surface area contributed by atoms with Gasteiger partial charge in [-0.1, -0.05) is 11.8 Å². The molecule has 0 saturated heterocycles. The van der Waals surface area contributed by atoms with E-state index in [1.54, 1.807) is 18.1 Å². The third-order valence-corrected chi connectivity index (χ3v) is 4.92. The number of hydrogen-bond donors (Lipinski definition) is 2. The van der Waals surface area contributed by atoms with Crippen molar-refractivity contribution in [1.82, 2.24) is 14.7 Å².